The molecule has 0 saturated heterocycles. The molecule has 3 aromatic carbocycles. The van der Waals surface area contributed by atoms with Gasteiger partial charge in [-0.3, -0.25) is 10.1 Å². The Morgan fingerprint density at radius 3 is 2.17 bits per heavy atom. The number of anilines is 1. The third kappa shape index (κ3) is 4.79. The molecule has 0 aliphatic heterocycles. The molecule has 35 heavy (non-hydrogen) atoms. The van der Waals surface area contributed by atoms with Crippen molar-refractivity contribution >= 4 is 17.9 Å². The Morgan fingerprint density at radius 1 is 0.800 bits per heavy atom. The molecule has 170 valence electrons. The van der Waals surface area contributed by atoms with E-state index >= 15 is 0 Å². The third-order valence-corrected chi connectivity index (χ3v) is 5.13. The maximum absolute atomic E-state index is 11.3. The molecule has 0 spiro atoms. The van der Waals surface area contributed by atoms with E-state index in [-0.39, 0.29) is 11.6 Å². The lowest BCUT2D eigenvalue weighted by Gasteiger charge is -2.09. The highest BCUT2D eigenvalue weighted by atomic mass is 16.6. The van der Waals surface area contributed by atoms with E-state index in [4.69, 9.17) is 4.42 Å². The first-order chi connectivity index (χ1) is 17.2. The summed E-state index contributed by atoms with van der Waals surface area (Å²) < 4.78 is 5.72. The van der Waals surface area contributed by atoms with Crippen LogP contribution in [-0.2, 0) is 0 Å². The lowest BCUT2D eigenvalue weighted by atomic mass is 10.0. The number of nitrogens with one attached hydrogen (secondary N) is 1. The first-order valence-electron chi connectivity index (χ1n) is 10.7. The van der Waals surface area contributed by atoms with Crippen LogP contribution in [0, 0.1) is 10.1 Å². The summed E-state index contributed by atoms with van der Waals surface area (Å²) in [4.78, 5) is 15.5. The maximum Gasteiger partial charge on any atom is 0.280 e. The number of furan rings is 1. The van der Waals surface area contributed by atoms with Gasteiger partial charge in [-0.25, -0.2) is 10.4 Å². The molecule has 1 N–H and O–H groups in total. The van der Waals surface area contributed by atoms with E-state index in [1.165, 1.54) is 12.3 Å². The normalized spacial score (nSPS) is 11.0. The fourth-order valence-electron chi connectivity index (χ4n) is 3.52. The van der Waals surface area contributed by atoms with Gasteiger partial charge in [0.1, 0.15) is 22.9 Å². The number of nitrogens with zero attached hydrogens (tertiary/aromatic N) is 5. The van der Waals surface area contributed by atoms with Crippen LogP contribution in [0.5, 0.6) is 0 Å². The van der Waals surface area contributed by atoms with Crippen molar-refractivity contribution in [2.45, 2.75) is 0 Å². The van der Waals surface area contributed by atoms with Gasteiger partial charge in [0.15, 0.2) is 0 Å². The van der Waals surface area contributed by atoms with Crippen LogP contribution in [0.4, 0.5) is 11.6 Å². The van der Waals surface area contributed by atoms with E-state index in [0.717, 1.165) is 11.1 Å². The number of nitro groups is 1. The minimum absolute atomic E-state index is 0.0325. The van der Waals surface area contributed by atoms with Crippen molar-refractivity contribution in [3.63, 3.8) is 0 Å². The van der Waals surface area contributed by atoms with Gasteiger partial charge in [0.2, 0.25) is 0 Å². The standard InChI is InChI=1S/C26H18N6O3/c33-32(34)22-14-8-7-13-21(22)23-16-15-20(35-23)17-27-30-26-28-24(18-9-3-1-4-10-18)25(29-31-26)19-11-5-2-6-12-19/h1-17H,(H,28,30,31)/b27-17-. The molecule has 2 aromatic heterocycles. The highest BCUT2D eigenvalue weighted by molar-refractivity contribution is 5.80. The Labute approximate surface area is 200 Å². The highest BCUT2D eigenvalue weighted by Gasteiger charge is 2.17. The zero-order valence-electron chi connectivity index (χ0n) is 18.3. The number of hydrazone groups is 1. The van der Waals surface area contributed by atoms with Gasteiger partial charge in [0, 0.05) is 17.2 Å². The Kier molecular flexibility index (Phi) is 6.03. The Bertz CT molecular complexity index is 1500. The number of para-hydroxylation sites is 1. The summed E-state index contributed by atoms with van der Waals surface area (Å²) in [6, 6.07) is 29.1. The zero-order valence-corrected chi connectivity index (χ0v) is 18.3. The number of hydrogen-bond acceptors (Lipinski definition) is 8. The van der Waals surface area contributed by atoms with Crippen molar-refractivity contribution in [3.05, 3.63) is 113 Å². The van der Waals surface area contributed by atoms with Crippen LogP contribution in [0.3, 0.4) is 0 Å². The summed E-state index contributed by atoms with van der Waals surface area (Å²) in [5, 5.41) is 24.0. The van der Waals surface area contributed by atoms with Gasteiger partial charge in [0.25, 0.3) is 11.6 Å². The van der Waals surface area contributed by atoms with Crippen LogP contribution >= 0.6 is 0 Å². The van der Waals surface area contributed by atoms with Gasteiger partial charge in [0.05, 0.1) is 16.7 Å². The number of rotatable bonds is 7. The Balaban J connectivity index is 1.39. The second-order valence-electron chi connectivity index (χ2n) is 7.41. The van der Waals surface area contributed by atoms with Crippen LogP contribution in [0.15, 0.2) is 107 Å². The van der Waals surface area contributed by atoms with Crippen molar-refractivity contribution < 1.29 is 9.34 Å². The molecule has 0 aliphatic carbocycles. The molecule has 5 rings (SSSR count). The predicted octanol–water partition coefficient (Wildman–Crippen LogP) is 5.82. The maximum atomic E-state index is 11.3. The summed E-state index contributed by atoms with van der Waals surface area (Å²) in [6.07, 6.45) is 1.44. The molecule has 0 atom stereocenters. The topological polar surface area (TPSA) is 119 Å². The molecule has 0 aliphatic rings. The SMILES string of the molecule is O=[N+]([O-])c1ccccc1-c1ccc(/C=N\Nc2nnc(-c3ccccc3)c(-c3ccccc3)n2)o1. The largest absolute Gasteiger partial charge is 0.455 e. The van der Waals surface area contributed by atoms with Gasteiger partial charge in [-0.15, -0.1) is 10.2 Å². The predicted molar refractivity (Wildman–Crippen MR) is 133 cm³/mol. The Hall–Kier alpha value is -5.18. The molecule has 0 bridgehead atoms. The van der Waals surface area contributed by atoms with Gasteiger partial charge >= 0.3 is 0 Å². The second-order valence-corrected chi connectivity index (χ2v) is 7.41. The van der Waals surface area contributed by atoms with E-state index in [0.29, 0.717) is 28.5 Å². The van der Waals surface area contributed by atoms with Crippen molar-refractivity contribution in [1.82, 2.24) is 15.2 Å². The summed E-state index contributed by atoms with van der Waals surface area (Å²) in [5.74, 6) is 0.989. The van der Waals surface area contributed by atoms with Crippen LogP contribution in [0.2, 0.25) is 0 Å². The minimum atomic E-state index is -0.444. The summed E-state index contributed by atoms with van der Waals surface area (Å²) in [6.45, 7) is 0. The smallest absolute Gasteiger partial charge is 0.280 e. The van der Waals surface area contributed by atoms with Gasteiger partial charge in [-0.2, -0.15) is 5.10 Å². The van der Waals surface area contributed by atoms with Crippen LogP contribution < -0.4 is 5.43 Å². The molecule has 9 heteroatoms. The Morgan fingerprint density at radius 2 is 1.46 bits per heavy atom. The van der Waals surface area contributed by atoms with E-state index in [9.17, 15) is 10.1 Å². The van der Waals surface area contributed by atoms with Gasteiger partial charge in [-0.1, -0.05) is 72.8 Å². The molecule has 0 saturated carbocycles. The molecule has 9 nitrogen and oxygen atoms in total. The quantitative estimate of drug-likeness (QED) is 0.184. The molecule has 0 unspecified atom stereocenters. The molecule has 2 heterocycles. The average Bonchev–Trinajstić information content (AvgIpc) is 3.38. The molecular weight excluding hydrogens is 444 g/mol. The number of nitro benzene ring substituents is 1. The molecule has 0 amide bonds. The van der Waals surface area contributed by atoms with E-state index < -0.39 is 4.92 Å². The van der Waals surface area contributed by atoms with Crippen LogP contribution in [0.1, 0.15) is 5.76 Å². The first-order valence-corrected chi connectivity index (χ1v) is 10.7. The highest BCUT2D eigenvalue weighted by Crippen LogP contribution is 2.31. The van der Waals surface area contributed by atoms with Crippen LogP contribution in [0.25, 0.3) is 33.8 Å². The monoisotopic (exact) mass is 462 g/mol. The number of benzene rings is 3. The fourth-order valence-corrected chi connectivity index (χ4v) is 3.52. The molecule has 5 aromatic rings. The fraction of sp³-hybridized carbons (Fsp3) is 0. The lowest BCUT2D eigenvalue weighted by molar-refractivity contribution is -0.384. The van der Waals surface area contributed by atoms with E-state index in [2.05, 4.69) is 25.7 Å². The zero-order chi connectivity index (χ0) is 24.0. The van der Waals surface area contributed by atoms with Gasteiger partial charge in [-0.05, 0) is 18.2 Å². The number of aromatic nitrogens is 3. The molecule has 0 fully saturated rings. The minimum Gasteiger partial charge on any atom is -0.455 e. The summed E-state index contributed by atoms with van der Waals surface area (Å²) in [5.41, 5.74) is 6.26. The molecule has 0 radical (unpaired) electrons. The second kappa shape index (κ2) is 9.75. The van der Waals surface area contributed by atoms with E-state index in [1.54, 1.807) is 30.3 Å². The van der Waals surface area contributed by atoms with Crippen LogP contribution in [-0.4, -0.2) is 26.3 Å². The summed E-state index contributed by atoms with van der Waals surface area (Å²) in [7, 11) is 0. The van der Waals surface area contributed by atoms with Gasteiger partial charge < -0.3 is 4.42 Å². The molecular formula is C26H18N6O3. The van der Waals surface area contributed by atoms with Crippen molar-refractivity contribution in [1.29, 1.82) is 0 Å². The van der Waals surface area contributed by atoms with E-state index in [1.807, 2.05) is 60.7 Å². The lowest BCUT2D eigenvalue weighted by Crippen LogP contribution is -2.03. The number of hydrogen-bond donors (Lipinski definition) is 1. The third-order valence-electron chi connectivity index (χ3n) is 5.13. The van der Waals surface area contributed by atoms with Crippen molar-refractivity contribution in [2.75, 3.05) is 5.43 Å². The summed E-state index contributed by atoms with van der Waals surface area (Å²) >= 11 is 0. The average molecular weight is 462 g/mol. The van der Waals surface area contributed by atoms with Crippen molar-refractivity contribution in [2.24, 2.45) is 5.10 Å². The van der Waals surface area contributed by atoms with Crippen molar-refractivity contribution in [3.8, 4) is 33.8 Å². The first kappa shape index (κ1) is 21.7.